The van der Waals surface area contributed by atoms with Gasteiger partial charge in [-0.3, -0.25) is 4.79 Å². The molecule has 1 aromatic heterocycles. The molecule has 4 heteroatoms. The average Bonchev–Trinajstić information content (AvgIpc) is 2.62. The lowest BCUT2D eigenvalue weighted by Gasteiger charge is -2.01. The second kappa shape index (κ2) is 4.22. The molecule has 2 rings (SSSR count). The van der Waals surface area contributed by atoms with Gasteiger partial charge in [-0.15, -0.1) is 0 Å². The van der Waals surface area contributed by atoms with Gasteiger partial charge in [-0.25, -0.2) is 4.39 Å². The van der Waals surface area contributed by atoms with Crippen LogP contribution >= 0.6 is 15.9 Å². The monoisotopic (exact) mass is 282 g/mol. The van der Waals surface area contributed by atoms with Crippen molar-refractivity contribution in [1.82, 2.24) is 0 Å². The summed E-state index contributed by atoms with van der Waals surface area (Å²) in [5.74, 6) is -0.675. The number of furan rings is 1. The van der Waals surface area contributed by atoms with Crippen molar-refractivity contribution in [3.8, 4) is 0 Å². The molecule has 0 unspecified atom stereocenters. The van der Waals surface area contributed by atoms with Crippen LogP contribution in [0.1, 0.15) is 21.5 Å². The molecule has 82 valence electrons. The number of hydrogen-bond acceptors (Lipinski definition) is 2. The molecule has 0 saturated carbocycles. The van der Waals surface area contributed by atoms with Gasteiger partial charge in [0.15, 0.2) is 10.5 Å². The summed E-state index contributed by atoms with van der Waals surface area (Å²) >= 11 is 3.12. The molecule has 2 aromatic rings. The largest absolute Gasteiger partial charge is 0.457 e. The molecule has 0 fully saturated rings. The molecule has 0 aliphatic carbocycles. The zero-order valence-corrected chi connectivity index (χ0v) is 10.0. The Hall–Kier alpha value is -1.42. The Morgan fingerprint density at radius 1 is 1.38 bits per heavy atom. The van der Waals surface area contributed by atoms with Crippen molar-refractivity contribution >= 4 is 21.7 Å². The van der Waals surface area contributed by atoms with Crippen molar-refractivity contribution in [1.29, 1.82) is 0 Å². The number of benzene rings is 1. The van der Waals surface area contributed by atoms with E-state index >= 15 is 0 Å². The Kier molecular flexibility index (Phi) is 2.92. The molecule has 0 N–H and O–H groups in total. The summed E-state index contributed by atoms with van der Waals surface area (Å²) in [6, 6.07) is 5.79. The van der Waals surface area contributed by atoms with Crippen LogP contribution in [-0.2, 0) is 0 Å². The summed E-state index contributed by atoms with van der Waals surface area (Å²) in [7, 11) is 0. The second-order valence-corrected chi connectivity index (χ2v) is 4.17. The van der Waals surface area contributed by atoms with Crippen molar-refractivity contribution in [2.24, 2.45) is 0 Å². The zero-order valence-electron chi connectivity index (χ0n) is 8.46. The van der Waals surface area contributed by atoms with E-state index in [1.54, 1.807) is 19.1 Å². The number of halogens is 2. The maximum atomic E-state index is 13.1. The van der Waals surface area contributed by atoms with E-state index in [1.807, 2.05) is 0 Å². The van der Waals surface area contributed by atoms with E-state index in [4.69, 9.17) is 4.42 Å². The lowest BCUT2D eigenvalue weighted by molar-refractivity contribution is 0.103. The molecule has 1 heterocycles. The van der Waals surface area contributed by atoms with Crippen molar-refractivity contribution in [3.05, 3.63) is 57.7 Å². The molecule has 16 heavy (non-hydrogen) atoms. The lowest BCUT2D eigenvalue weighted by Crippen LogP contribution is -2.01. The minimum atomic E-state index is -0.414. The van der Waals surface area contributed by atoms with Crippen LogP contribution in [0.25, 0.3) is 0 Å². The van der Waals surface area contributed by atoms with Crippen LogP contribution in [0.5, 0.6) is 0 Å². The summed E-state index contributed by atoms with van der Waals surface area (Å²) in [6.07, 6.45) is 1.41. The third-order valence-corrected chi connectivity index (χ3v) is 2.78. The highest BCUT2D eigenvalue weighted by molar-refractivity contribution is 9.10. The third-order valence-electron chi connectivity index (χ3n) is 2.17. The van der Waals surface area contributed by atoms with Crippen LogP contribution in [0, 0.1) is 12.7 Å². The molecular formula is C12H8BrFO2. The van der Waals surface area contributed by atoms with Gasteiger partial charge in [0.2, 0.25) is 0 Å². The molecule has 0 amide bonds. The highest BCUT2D eigenvalue weighted by Gasteiger charge is 2.15. The van der Waals surface area contributed by atoms with Gasteiger partial charge in [-0.05, 0) is 52.7 Å². The molecule has 2 nitrogen and oxygen atoms in total. The van der Waals surface area contributed by atoms with E-state index in [0.717, 1.165) is 0 Å². The minimum Gasteiger partial charge on any atom is -0.457 e. The Morgan fingerprint density at radius 3 is 2.69 bits per heavy atom. The maximum Gasteiger partial charge on any atom is 0.197 e. The summed E-state index contributed by atoms with van der Waals surface area (Å²) in [5, 5.41) is 0. The number of rotatable bonds is 2. The highest BCUT2D eigenvalue weighted by Crippen LogP contribution is 2.22. The van der Waals surface area contributed by atoms with E-state index < -0.39 is 5.82 Å². The zero-order chi connectivity index (χ0) is 11.7. The van der Waals surface area contributed by atoms with Crippen LogP contribution in [0.15, 0.2) is 39.6 Å². The first-order chi connectivity index (χ1) is 7.58. The normalized spacial score (nSPS) is 10.4. The smallest absolute Gasteiger partial charge is 0.197 e. The standard InChI is InChI=1S/C12H8BrFO2/c1-7-4-8(6-9(14)5-7)11(15)10-2-3-16-12(10)13/h2-6H,1H3. The van der Waals surface area contributed by atoms with Crippen molar-refractivity contribution in [2.75, 3.05) is 0 Å². The van der Waals surface area contributed by atoms with Crippen LogP contribution in [0.4, 0.5) is 4.39 Å². The molecule has 0 saturated heterocycles. The van der Waals surface area contributed by atoms with Crippen molar-refractivity contribution in [3.63, 3.8) is 0 Å². The van der Waals surface area contributed by atoms with Gasteiger partial charge >= 0.3 is 0 Å². The van der Waals surface area contributed by atoms with E-state index in [2.05, 4.69) is 15.9 Å². The third kappa shape index (κ3) is 2.07. The molecule has 0 aliphatic heterocycles. The minimum absolute atomic E-state index is 0.261. The van der Waals surface area contributed by atoms with E-state index in [1.165, 1.54) is 18.4 Å². The van der Waals surface area contributed by atoms with Crippen LogP contribution in [-0.4, -0.2) is 5.78 Å². The highest BCUT2D eigenvalue weighted by atomic mass is 79.9. The molecule has 0 atom stereocenters. The van der Waals surface area contributed by atoms with Crippen LogP contribution in [0.2, 0.25) is 0 Å². The van der Waals surface area contributed by atoms with Crippen molar-refractivity contribution in [2.45, 2.75) is 6.92 Å². The molecule has 1 aromatic carbocycles. The van der Waals surface area contributed by atoms with Gasteiger partial charge in [0.1, 0.15) is 5.82 Å². The van der Waals surface area contributed by atoms with Crippen LogP contribution < -0.4 is 0 Å². The molecule has 0 aliphatic rings. The Bertz CT molecular complexity index is 525. The quantitative estimate of drug-likeness (QED) is 0.786. The average molecular weight is 283 g/mol. The van der Waals surface area contributed by atoms with E-state index in [0.29, 0.717) is 21.4 Å². The number of carbonyl (C=O) groups excluding carboxylic acids is 1. The summed E-state index contributed by atoms with van der Waals surface area (Å²) < 4.78 is 18.5. The lowest BCUT2D eigenvalue weighted by atomic mass is 10.0. The summed E-state index contributed by atoms with van der Waals surface area (Å²) in [5.41, 5.74) is 1.42. The van der Waals surface area contributed by atoms with Gasteiger partial charge < -0.3 is 4.42 Å². The van der Waals surface area contributed by atoms with Gasteiger partial charge in [0.05, 0.1) is 11.8 Å². The Labute approximate surface area is 100 Å². The number of carbonyl (C=O) groups is 1. The molecule has 0 spiro atoms. The Morgan fingerprint density at radius 2 is 2.12 bits per heavy atom. The molecule has 0 radical (unpaired) electrons. The summed E-state index contributed by atoms with van der Waals surface area (Å²) in [6.45, 7) is 1.74. The predicted molar refractivity (Wildman–Crippen MR) is 61.0 cm³/mol. The first-order valence-corrected chi connectivity index (χ1v) is 5.42. The fourth-order valence-electron chi connectivity index (χ4n) is 1.48. The fraction of sp³-hybridized carbons (Fsp3) is 0.0833. The predicted octanol–water partition coefficient (Wildman–Crippen LogP) is 3.72. The Balaban J connectivity index is 2.45. The van der Waals surface area contributed by atoms with Gasteiger partial charge in [0, 0.05) is 5.56 Å². The number of ketones is 1. The number of hydrogen-bond donors (Lipinski definition) is 0. The summed E-state index contributed by atoms with van der Waals surface area (Å²) in [4.78, 5) is 12.0. The van der Waals surface area contributed by atoms with E-state index in [9.17, 15) is 9.18 Å². The fourth-order valence-corrected chi connectivity index (χ4v) is 1.90. The van der Waals surface area contributed by atoms with Gasteiger partial charge in [-0.2, -0.15) is 0 Å². The van der Waals surface area contributed by atoms with Crippen molar-refractivity contribution < 1.29 is 13.6 Å². The number of aryl methyl sites for hydroxylation is 1. The first-order valence-electron chi connectivity index (χ1n) is 4.63. The molecule has 0 bridgehead atoms. The van der Waals surface area contributed by atoms with Gasteiger partial charge in [-0.1, -0.05) is 0 Å². The van der Waals surface area contributed by atoms with Crippen LogP contribution in [0.3, 0.4) is 0 Å². The molecular weight excluding hydrogens is 275 g/mol. The SMILES string of the molecule is Cc1cc(F)cc(C(=O)c2ccoc2Br)c1. The second-order valence-electron chi connectivity index (χ2n) is 3.45. The first kappa shape index (κ1) is 11.1. The topological polar surface area (TPSA) is 30.2 Å². The van der Waals surface area contributed by atoms with Gasteiger partial charge in [0.25, 0.3) is 0 Å². The maximum absolute atomic E-state index is 13.1. The van der Waals surface area contributed by atoms with E-state index in [-0.39, 0.29) is 5.78 Å².